The fourth-order valence-electron chi connectivity index (χ4n) is 1.60. The Hall–Kier alpha value is -2.37. The van der Waals surface area contributed by atoms with E-state index in [0.717, 1.165) is 0 Å². The predicted octanol–water partition coefficient (Wildman–Crippen LogP) is 0.0739. The second-order valence-corrected chi connectivity index (χ2v) is 3.96. The zero-order valence-corrected chi connectivity index (χ0v) is 10.6. The third-order valence-corrected chi connectivity index (χ3v) is 2.40. The van der Waals surface area contributed by atoms with Crippen LogP contribution in [0.25, 0.3) is 0 Å². The topological polar surface area (TPSA) is 86.7 Å². The number of carbonyl (C=O) groups is 2. The Balaban J connectivity index is 2.90. The number of rotatable bonds is 6. The van der Waals surface area contributed by atoms with Gasteiger partial charge in [0.05, 0.1) is 5.69 Å². The minimum Gasteiger partial charge on any atom is -0.480 e. The number of amides is 1. The maximum Gasteiger partial charge on any atom is 0.323 e. The first kappa shape index (κ1) is 14.7. The highest BCUT2D eigenvalue weighted by atomic mass is 16.4. The second kappa shape index (κ2) is 7.15. The number of hydrogen-bond acceptors (Lipinski definition) is 4. The second-order valence-electron chi connectivity index (χ2n) is 3.96. The molecular weight excluding hydrogens is 248 g/mol. The van der Waals surface area contributed by atoms with Crippen molar-refractivity contribution in [1.82, 2.24) is 5.32 Å². The van der Waals surface area contributed by atoms with Crippen LogP contribution >= 0.6 is 0 Å². The van der Waals surface area contributed by atoms with E-state index in [9.17, 15) is 14.4 Å². The van der Waals surface area contributed by atoms with Crippen LogP contribution in [0.4, 0.5) is 5.69 Å². The zero-order valence-electron chi connectivity index (χ0n) is 10.6. The minimum absolute atomic E-state index is 0.198. The van der Waals surface area contributed by atoms with Gasteiger partial charge < -0.3 is 15.3 Å². The largest absolute Gasteiger partial charge is 0.480 e. The van der Waals surface area contributed by atoms with Gasteiger partial charge >= 0.3 is 5.97 Å². The summed E-state index contributed by atoms with van der Waals surface area (Å²) >= 11 is 0. The van der Waals surface area contributed by atoms with Crippen LogP contribution < -0.4 is 15.6 Å². The highest BCUT2D eigenvalue weighted by molar-refractivity contribution is 5.74. The van der Waals surface area contributed by atoms with Gasteiger partial charge in [0, 0.05) is 20.0 Å². The van der Waals surface area contributed by atoms with E-state index in [1.165, 1.54) is 17.9 Å². The summed E-state index contributed by atoms with van der Waals surface area (Å²) in [5.41, 5.74) is 0.0480. The van der Waals surface area contributed by atoms with Gasteiger partial charge in [0.2, 0.25) is 11.3 Å². The predicted molar refractivity (Wildman–Crippen MR) is 71.2 cm³/mol. The molecule has 0 spiro atoms. The van der Waals surface area contributed by atoms with Gasteiger partial charge in [-0.2, -0.15) is 0 Å². The lowest BCUT2D eigenvalue weighted by Crippen LogP contribution is -2.39. The highest BCUT2D eigenvalue weighted by Crippen LogP contribution is 2.05. The van der Waals surface area contributed by atoms with Crippen LogP contribution in [0.1, 0.15) is 6.92 Å². The van der Waals surface area contributed by atoms with Crippen molar-refractivity contribution in [3.8, 4) is 0 Å². The Labute approximate surface area is 110 Å². The molecule has 6 nitrogen and oxygen atoms in total. The summed E-state index contributed by atoms with van der Waals surface area (Å²) in [5.74, 6) is -1.23. The Bertz CT molecular complexity index is 516. The average molecular weight is 264 g/mol. The van der Waals surface area contributed by atoms with E-state index < -0.39 is 5.97 Å². The maximum atomic E-state index is 11.8. The van der Waals surface area contributed by atoms with Crippen molar-refractivity contribution < 1.29 is 14.7 Å². The van der Waals surface area contributed by atoms with Gasteiger partial charge in [0.25, 0.3) is 0 Å². The highest BCUT2D eigenvalue weighted by Gasteiger charge is 2.12. The molecule has 2 N–H and O–H groups in total. The summed E-state index contributed by atoms with van der Waals surface area (Å²) in [6.07, 6.45) is 0. The Kier molecular flexibility index (Phi) is 5.53. The van der Waals surface area contributed by atoms with Gasteiger partial charge in [-0.15, -0.1) is 0 Å². The lowest BCUT2D eigenvalue weighted by Gasteiger charge is -2.21. The number of hydrogen-bond donors (Lipinski definition) is 2. The number of carboxylic acid groups (broad SMARTS) is 1. The summed E-state index contributed by atoms with van der Waals surface area (Å²) in [7, 11) is 0. The summed E-state index contributed by atoms with van der Waals surface area (Å²) < 4.78 is 0. The van der Waals surface area contributed by atoms with E-state index in [1.807, 2.05) is 0 Å². The van der Waals surface area contributed by atoms with Crippen molar-refractivity contribution in [3.05, 3.63) is 40.6 Å². The lowest BCUT2D eigenvalue weighted by atomic mass is 10.3. The SMILES string of the molecule is CC(=O)NCCN(CC(=O)O)c1cccccc1=O. The molecule has 0 heterocycles. The lowest BCUT2D eigenvalue weighted by molar-refractivity contribution is -0.135. The number of nitrogens with zero attached hydrogens (tertiary/aromatic N) is 1. The van der Waals surface area contributed by atoms with E-state index in [-0.39, 0.29) is 31.0 Å². The molecule has 1 aromatic carbocycles. The van der Waals surface area contributed by atoms with Gasteiger partial charge in [-0.05, 0) is 12.1 Å². The molecule has 6 heteroatoms. The van der Waals surface area contributed by atoms with E-state index >= 15 is 0 Å². The standard InChI is InChI=1S/C13H16N2O4/c1-10(16)14-7-8-15(9-13(18)19)11-5-3-2-4-6-12(11)17/h2-6H,7-9H2,1H3,(H,14,16)(H,18,19). The van der Waals surface area contributed by atoms with E-state index in [1.54, 1.807) is 24.3 Å². The number of anilines is 1. The van der Waals surface area contributed by atoms with Crippen molar-refractivity contribution in [2.75, 3.05) is 24.5 Å². The van der Waals surface area contributed by atoms with Crippen LogP contribution in [0.3, 0.4) is 0 Å². The molecule has 0 fully saturated rings. The van der Waals surface area contributed by atoms with Gasteiger partial charge in [0.1, 0.15) is 6.54 Å². The van der Waals surface area contributed by atoms with Crippen molar-refractivity contribution >= 4 is 17.6 Å². The van der Waals surface area contributed by atoms with E-state index in [0.29, 0.717) is 5.69 Å². The summed E-state index contributed by atoms with van der Waals surface area (Å²) in [5, 5.41) is 11.4. The van der Waals surface area contributed by atoms with Crippen LogP contribution in [0, 0.1) is 0 Å². The zero-order chi connectivity index (χ0) is 14.3. The average Bonchev–Trinajstić information content (AvgIpc) is 2.51. The smallest absolute Gasteiger partial charge is 0.323 e. The molecule has 0 bridgehead atoms. The van der Waals surface area contributed by atoms with Crippen molar-refractivity contribution in [1.29, 1.82) is 0 Å². The van der Waals surface area contributed by atoms with Crippen LogP contribution in [0.15, 0.2) is 35.1 Å². The maximum absolute atomic E-state index is 11.8. The third kappa shape index (κ3) is 5.20. The van der Waals surface area contributed by atoms with Crippen molar-refractivity contribution in [2.24, 2.45) is 0 Å². The first-order chi connectivity index (χ1) is 9.00. The molecule has 0 aliphatic heterocycles. The molecule has 0 atom stereocenters. The molecule has 102 valence electrons. The van der Waals surface area contributed by atoms with E-state index in [2.05, 4.69) is 5.32 Å². The quantitative estimate of drug-likeness (QED) is 0.759. The Morgan fingerprint density at radius 2 is 1.95 bits per heavy atom. The summed E-state index contributed by atoms with van der Waals surface area (Å²) in [6, 6.07) is 7.90. The molecule has 0 aromatic heterocycles. The monoisotopic (exact) mass is 264 g/mol. The molecule has 1 aromatic rings. The van der Waals surface area contributed by atoms with Crippen LogP contribution in [-0.4, -0.2) is 36.6 Å². The molecule has 1 amide bonds. The van der Waals surface area contributed by atoms with Crippen LogP contribution in [0.2, 0.25) is 0 Å². The van der Waals surface area contributed by atoms with E-state index in [4.69, 9.17) is 5.11 Å². The fourth-order valence-corrected chi connectivity index (χ4v) is 1.60. The van der Waals surface area contributed by atoms with Gasteiger partial charge in [-0.1, -0.05) is 18.2 Å². The molecule has 19 heavy (non-hydrogen) atoms. The number of nitrogens with one attached hydrogen (secondary N) is 1. The summed E-state index contributed by atoms with van der Waals surface area (Å²) in [6.45, 7) is 1.62. The Morgan fingerprint density at radius 3 is 2.58 bits per heavy atom. The molecule has 0 saturated carbocycles. The van der Waals surface area contributed by atoms with Gasteiger partial charge in [0.15, 0.2) is 0 Å². The molecular formula is C13H16N2O4. The van der Waals surface area contributed by atoms with Crippen LogP contribution in [0.5, 0.6) is 0 Å². The van der Waals surface area contributed by atoms with Crippen molar-refractivity contribution in [2.45, 2.75) is 6.92 Å². The summed E-state index contributed by atoms with van der Waals surface area (Å²) in [4.78, 5) is 34.9. The normalized spacial score (nSPS) is 9.74. The van der Waals surface area contributed by atoms with Crippen LogP contribution in [-0.2, 0) is 9.59 Å². The van der Waals surface area contributed by atoms with Gasteiger partial charge in [-0.25, -0.2) is 0 Å². The fraction of sp³-hybridized carbons (Fsp3) is 0.308. The first-order valence-corrected chi connectivity index (χ1v) is 5.81. The molecule has 0 unspecified atom stereocenters. The first-order valence-electron chi connectivity index (χ1n) is 5.81. The van der Waals surface area contributed by atoms with Gasteiger partial charge in [-0.3, -0.25) is 14.4 Å². The number of carboxylic acids is 1. The molecule has 0 aliphatic carbocycles. The Morgan fingerprint density at radius 1 is 1.26 bits per heavy atom. The van der Waals surface area contributed by atoms with Crippen molar-refractivity contribution in [3.63, 3.8) is 0 Å². The number of carbonyl (C=O) groups excluding carboxylic acids is 1. The number of aliphatic carboxylic acids is 1. The molecule has 0 radical (unpaired) electrons. The minimum atomic E-state index is -1.03. The molecule has 0 saturated heterocycles. The third-order valence-electron chi connectivity index (χ3n) is 2.40. The molecule has 1 rings (SSSR count). The molecule has 0 aliphatic rings.